The fourth-order valence-electron chi connectivity index (χ4n) is 3.11. The van der Waals surface area contributed by atoms with Crippen molar-refractivity contribution >= 4 is 5.97 Å². The van der Waals surface area contributed by atoms with Gasteiger partial charge in [0.25, 0.3) is 0 Å². The summed E-state index contributed by atoms with van der Waals surface area (Å²) in [4.78, 5) is 12.1. The molecule has 35 heavy (non-hydrogen) atoms. The second-order valence-corrected chi connectivity index (χ2v) is 8.77. The van der Waals surface area contributed by atoms with E-state index < -0.39 is 12.1 Å². The smallest absolute Gasteiger partial charge is 0.303 e. The van der Waals surface area contributed by atoms with Gasteiger partial charge in [0.05, 0.1) is 32.5 Å². The number of hydrogen-bond donors (Lipinski definition) is 6. The van der Waals surface area contributed by atoms with E-state index in [1.807, 2.05) is 0 Å². The number of aliphatic hydroxyl groups is 5. The topological polar surface area (TPSA) is 142 Å². The summed E-state index contributed by atoms with van der Waals surface area (Å²) in [5.74, 6) is -0.664. The molecule has 0 aromatic heterocycles. The van der Waals surface area contributed by atoms with E-state index in [1.165, 1.54) is 77.6 Å². The van der Waals surface area contributed by atoms with Gasteiger partial charge >= 0.3 is 5.97 Å². The molecular formula is C27H57NO7. The van der Waals surface area contributed by atoms with Crippen LogP contribution in [0.15, 0.2) is 12.2 Å². The number of nitrogens with zero attached hydrogens (tertiary/aromatic N) is 1. The first-order chi connectivity index (χ1) is 16.9. The van der Waals surface area contributed by atoms with Crippen LogP contribution in [0, 0.1) is 0 Å². The second-order valence-electron chi connectivity index (χ2n) is 8.77. The zero-order chi connectivity index (χ0) is 27.0. The number of hydrogen-bond acceptors (Lipinski definition) is 7. The number of carboxylic acids is 1. The Morgan fingerprint density at radius 1 is 0.714 bits per heavy atom. The van der Waals surface area contributed by atoms with Gasteiger partial charge in [-0.25, -0.2) is 0 Å². The van der Waals surface area contributed by atoms with Crippen molar-refractivity contribution < 1.29 is 35.4 Å². The predicted molar refractivity (Wildman–Crippen MR) is 144 cm³/mol. The first-order valence-electron chi connectivity index (χ1n) is 13.6. The molecule has 0 saturated heterocycles. The summed E-state index contributed by atoms with van der Waals surface area (Å²) >= 11 is 0. The van der Waals surface area contributed by atoms with Crippen LogP contribution in [0.25, 0.3) is 0 Å². The molecule has 0 aliphatic rings. The average molecular weight is 508 g/mol. The van der Waals surface area contributed by atoms with Crippen LogP contribution >= 0.6 is 0 Å². The highest BCUT2D eigenvalue weighted by atomic mass is 16.4. The SMILES string of the molecule is CC(O)CO.CCCCCCCC/C=C\CCCCCCCC(=O)O.OCCN(CCO)CCO. The lowest BCUT2D eigenvalue weighted by molar-refractivity contribution is -0.137. The van der Waals surface area contributed by atoms with Crippen LogP contribution < -0.4 is 0 Å². The van der Waals surface area contributed by atoms with Crippen LogP contribution in [0.2, 0.25) is 0 Å². The third-order valence-electron chi connectivity index (χ3n) is 5.17. The molecule has 6 N–H and O–H groups in total. The maximum atomic E-state index is 10.3. The van der Waals surface area contributed by atoms with Crippen LogP contribution in [0.1, 0.15) is 104 Å². The number of rotatable bonds is 22. The third kappa shape index (κ3) is 43.5. The second kappa shape index (κ2) is 35.1. The average Bonchev–Trinajstić information content (AvgIpc) is 2.82. The minimum Gasteiger partial charge on any atom is -0.481 e. The van der Waals surface area contributed by atoms with Crippen molar-refractivity contribution in [3.8, 4) is 0 Å². The van der Waals surface area contributed by atoms with Gasteiger partial charge in [0.15, 0.2) is 0 Å². The Kier molecular flexibility index (Phi) is 38.6. The molecule has 1 unspecified atom stereocenters. The van der Waals surface area contributed by atoms with Crippen molar-refractivity contribution in [3.05, 3.63) is 12.2 Å². The van der Waals surface area contributed by atoms with Crippen molar-refractivity contribution in [3.63, 3.8) is 0 Å². The maximum absolute atomic E-state index is 10.3. The number of carboxylic acid groups (broad SMARTS) is 1. The van der Waals surface area contributed by atoms with Gasteiger partial charge in [-0.1, -0.05) is 70.4 Å². The molecule has 0 aromatic rings. The van der Waals surface area contributed by atoms with Crippen LogP contribution in [0.4, 0.5) is 0 Å². The Morgan fingerprint density at radius 3 is 1.43 bits per heavy atom. The zero-order valence-electron chi connectivity index (χ0n) is 22.6. The van der Waals surface area contributed by atoms with Gasteiger partial charge in [0.1, 0.15) is 0 Å². The minimum atomic E-state index is -0.664. The molecule has 212 valence electrons. The number of allylic oxidation sites excluding steroid dienone is 2. The van der Waals surface area contributed by atoms with E-state index >= 15 is 0 Å². The Labute approximate surface area is 214 Å². The molecule has 0 bridgehead atoms. The molecule has 8 heteroatoms. The summed E-state index contributed by atoms with van der Waals surface area (Å²) < 4.78 is 0. The van der Waals surface area contributed by atoms with Crippen LogP contribution in [-0.2, 0) is 4.79 Å². The normalized spacial score (nSPS) is 11.7. The lowest BCUT2D eigenvalue weighted by Gasteiger charge is -2.17. The van der Waals surface area contributed by atoms with E-state index in [4.69, 9.17) is 30.6 Å². The van der Waals surface area contributed by atoms with Crippen molar-refractivity contribution in [2.75, 3.05) is 46.1 Å². The fourth-order valence-corrected chi connectivity index (χ4v) is 3.11. The van der Waals surface area contributed by atoms with Gasteiger partial charge < -0.3 is 30.6 Å². The third-order valence-corrected chi connectivity index (χ3v) is 5.17. The maximum Gasteiger partial charge on any atom is 0.303 e. The van der Waals surface area contributed by atoms with E-state index in [2.05, 4.69) is 19.1 Å². The number of unbranched alkanes of at least 4 members (excludes halogenated alkanes) is 11. The number of aliphatic hydroxyl groups excluding tert-OH is 5. The molecule has 0 radical (unpaired) electrons. The first kappa shape index (κ1) is 38.5. The molecule has 0 fully saturated rings. The quantitative estimate of drug-likeness (QED) is 0.0961. The van der Waals surface area contributed by atoms with Crippen LogP contribution in [0.3, 0.4) is 0 Å². The summed E-state index contributed by atoms with van der Waals surface area (Å²) in [5, 5.41) is 50.0. The van der Waals surface area contributed by atoms with Crippen LogP contribution in [-0.4, -0.2) is 93.7 Å². The Morgan fingerprint density at radius 2 is 1.09 bits per heavy atom. The monoisotopic (exact) mass is 507 g/mol. The predicted octanol–water partition coefficient (Wildman–Crippen LogP) is 3.73. The van der Waals surface area contributed by atoms with Crippen molar-refractivity contribution in [1.82, 2.24) is 4.90 Å². The largest absolute Gasteiger partial charge is 0.481 e. The number of aliphatic carboxylic acids is 1. The van der Waals surface area contributed by atoms with Gasteiger partial charge in [-0.3, -0.25) is 9.69 Å². The molecule has 8 nitrogen and oxygen atoms in total. The summed E-state index contributed by atoms with van der Waals surface area (Å²) in [6.45, 7) is 5.40. The Hall–Kier alpha value is -1.03. The fraction of sp³-hybridized carbons (Fsp3) is 0.889. The molecule has 0 spiro atoms. The van der Waals surface area contributed by atoms with Gasteiger partial charge in [-0.2, -0.15) is 0 Å². The molecule has 0 heterocycles. The molecule has 0 aromatic carbocycles. The van der Waals surface area contributed by atoms with E-state index in [0.717, 1.165) is 12.8 Å². The summed E-state index contributed by atoms with van der Waals surface area (Å²) in [6.07, 6.45) is 20.7. The highest BCUT2D eigenvalue weighted by molar-refractivity contribution is 5.66. The van der Waals surface area contributed by atoms with Crippen molar-refractivity contribution in [1.29, 1.82) is 0 Å². The van der Waals surface area contributed by atoms with E-state index in [-0.39, 0.29) is 26.4 Å². The minimum absolute atomic E-state index is 0.0694. The molecule has 0 rings (SSSR count). The lowest BCUT2D eigenvalue weighted by atomic mass is 10.1. The van der Waals surface area contributed by atoms with Crippen molar-refractivity contribution in [2.24, 2.45) is 0 Å². The van der Waals surface area contributed by atoms with E-state index in [0.29, 0.717) is 26.1 Å². The summed E-state index contributed by atoms with van der Waals surface area (Å²) in [5.41, 5.74) is 0. The van der Waals surface area contributed by atoms with E-state index in [9.17, 15) is 4.79 Å². The zero-order valence-corrected chi connectivity index (χ0v) is 22.6. The molecular weight excluding hydrogens is 450 g/mol. The summed E-state index contributed by atoms with van der Waals surface area (Å²) in [7, 11) is 0. The van der Waals surface area contributed by atoms with Gasteiger partial charge in [-0.05, 0) is 39.0 Å². The Bertz CT molecular complexity index is 406. The Balaban J connectivity index is -0.000000563. The first-order valence-corrected chi connectivity index (χ1v) is 13.6. The molecule has 0 saturated carbocycles. The van der Waals surface area contributed by atoms with Gasteiger partial charge in [-0.15, -0.1) is 0 Å². The highest BCUT2D eigenvalue weighted by Crippen LogP contribution is 2.09. The van der Waals surface area contributed by atoms with Gasteiger partial charge in [0, 0.05) is 26.1 Å². The lowest BCUT2D eigenvalue weighted by Crippen LogP contribution is -2.32. The summed E-state index contributed by atoms with van der Waals surface area (Å²) in [6, 6.07) is 0. The van der Waals surface area contributed by atoms with Crippen molar-refractivity contribution in [2.45, 2.75) is 110 Å². The molecule has 1 atom stereocenters. The molecule has 0 aliphatic carbocycles. The molecule has 0 amide bonds. The van der Waals surface area contributed by atoms with Gasteiger partial charge in [0.2, 0.25) is 0 Å². The number of carbonyl (C=O) groups is 1. The molecule has 0 aliphatic heterocycles. The standard InChI is InChI=1S/C18H34O2.C6H15NO3.C3H8O2/c1-2-3-4-5-6-7-8-9-10-11-12-13-14-15-16-17-18(19)20;8-4-1-7(2-5-9)3-6-10;1-3(5)2-4/h9-10H,2-8,11-17H2,1H3,(H,19,20);8-10H,1-6H2;3-5H,2H2,1H3/b10-9-;;. The van der Waals surface area contributed by atoms with Crippen LogP contribution in [0.5, 0.6) is 0 Å². The van der Waals surface area contributed by atoms with E-state index in [1.54, 1.807) is 4.90 Å². The highest BCUT2D eigenvalue weighted by Gasteiger charge is 2.00.